The van der Waals surface area contributed by atoms with E-state index in [2.05, 4.69) is 24.5 Å². The van der Waals surface area contributed by atoms with Crippen LogP contribution in [0.25, 0.3) is 0 Å². The smallest absolute Gasteiger partial charge is 0.312 e. The fourth-order valence-electron chi connectivity index (χ4n) is 2.77. The first kappa shape index (κ1) is 20.0. The number of hydrogen-bond acceptors (Lipinski definition) is 2. The van der Waals surface area contributed by atoms with Crippen molar-refractivity contribution in [2.45, 2.75) is 58.9 Å². The van der Waals surface area contributed by atoms with Crippen LogP contribution in [0.3, 0.4) is 0 Å². The fourth-order valence-corrected chi connectivity index (χ4v) is 2.77. The van der Waals surface area contributed by atoms with Gasteiger partial charge in [-0.15, -0.1) is 0 Å². The molecule has 5 nitrogen and oxygen atoms in total. The third-order valence-corrected chi connectivity index (χ3v) is 4.28. The van der Waals surface area contributed by atoms with E-state index in [4.69, 9.17) is 5.73 Å². The second kappa shape index (κ2) is 10.7. The van der Waals surface area contributed by atoms with Crippen molar-refractivity contribution in [3.05, 3.63) is 35.4 Å². The van der Waals surface area contributed by atoms with E-state index in [-0.39, 0.29) is 12.3 Å². The summed E-state index contributed by atoms with van der Waals surface area (Å²) in [5.41, 5.74) is 7.23. The Morgan fingerprint density at radius 3 is 2.58 bits per heavy atom. The molecule has 1 rings (SSSR count). The molecule has 0 bridgehead atoms. The highest BCUT2D eigenvalue weighted by molar-refractivity contribution is 5.78. The molecule has 0 saturated heterocycles. The van der Waals surface area contributed by atoms with Gasteiger partial charge < -0.3 is 16.4 Å². The summed E-state index contributed by atoms with van der Waals surface area (Å²) in [6, 6.07) is 6.73. The van der Waals surface area contributed by atoms with Gasteiger partial charge in [-0.1, -0.05) is 62.9 Å². The molecule has 5 heteroatoms. The van der Waals surface area contributed by atoms with Crippen LogP contribution in [0, 0.1) is 12.8 Å². The zero-order valence-electron chi connectivity index (χ0n) is 15.1. The molecular formula is C19H31N3O2. The molecule has 0 spiro atoms. The van der Waals surface area contributed by atoms with Crippen molar-refractivity contribution in [1.82, 2.24) is 10.6 Å². The molecule has 1 aromatic rings. The van der Waals surface area contributed by atoms with Crippen LogP contribution in [0.1, 0.15) is 63.1 Å². The summed E-state index contributed by atoms with van der Waals surface area (Å²) in [6.07, 6.45) is 4.73. The Labute approximate surface area is 145 Å². The van der Waals surface area contributed by atoms with Gasteiger partial charge in [-0.3, -0.25) is 4.79 Å². The number of carbonyl (C=O) groups excluding carboxylic acids is 2. The molecule has 0 fully saturated rings. The quantitative estimate of drug-likeness (QED) is 0.613. The Balaban J connectivity index is 2.62. The first-order valence-corrected chi connectivity index (χ1v) is 8.85. The molecule has 0 aliphatic heterocycles. The molecule has 0 heterocycles. The van der Waals surface area contributed by atoms with E-state index in [0.717, 1.165) is 24.0 Å². The monoisotopic (exact) mass is 333 g/mol. The Hall–Kier alpha value is -2.04. The molecular weight excluding hydrogens is 302 g/mol. The van der Waals surface area contributed by atoms with Gasteiger partial charge in [0.25, 0.3) is 0 Å². The molecule has 2 atom stereocenters. The van der Waals surface area contributed by atoms with Crippen LogP contribution in [-0.2, 0) is 4.79 Å². The number of carbonyl (C=O) groups is 2. The van der Waals surface area contributed by atoms with Crippen LogP contribution < -0.4 is 16.4 Å². The molecule has 0 aliphatic rings. The first-order valence-electron chi connectivity index (χ1n) is 8.85. The molecule has 0 unspecified atom stereocenters. The average Bonchev–Trinajstić information content (AvgIpc) is 2.54. The lowest BCUT2D eigenvalue weighted by molar-refractivity contribution is -0.121. The SMILES string of the molecule is CCCC[C@H](CC)CNC(=O)C[C@@H](NC(N)=O)c1cccc(C)c1. The Bertz CT molecular complexity index is 531. The van der Waals surface area contributed by atoms with E-state index >= 15 is 0 Å². The topological polar surface area (TPSA) is 84.2 Å². The Kier molecular flexibility index (Phi) is 8.90. The van der Waals surface area contributed by atoms with Crippen molar-refractivity contribution < 1.29 is 9.59 Å². The normalized spacial score (nSPS) is 13.1. The van der Waals surface area contributed by atoms with E-state index in [1.54, 1.807) is 0 Å². The predicted molar refractivity (Wildman–Crippen MR) is 97.6 cm³/mol. The van der Waals surface area contributed by atoms with E-state index in [1.165, 1.54) is 12.8 Å². The van der Waals surface area contributed by atoms with Crippen molar-refractivity contribution in [2.75, 3.05) is 6.54 Å². The molecule has 3 amide bonds. The van der Waals surface area contributed by atoms with Crippen LogP contribution in [0.15, 0.2) is 24.3 Å². The number of aryl methyl sites for hydroxylation is 1. The van der Waals surface area contributed by atoms with Crippen LogP contribution >= 0.6 is 0 Å². The third-order valence-electron chi connectivity index (χ3n) is 4.28. The summed E-state index contributed by atoms with van der Waals surface area (Å²) < 4.78 is 0. The number of unbranched alkanes of at least 4 members (excludes halogenated alkanes) is 1. The summed E-state index contributed by atoms with van der Waals surface area (Å²) in [6.45, 7) is 6.99. The average molecular weight is 333 g/mol. The number of rotatable bonds is 10. The van der Waals surface area contributed by atoms with Gasteiger partial charge in [0.2, 0.25) is 5.91 Å². The van der Waals surface area contributed by atoms with E-state index in [0.29, 0.717) is 12.5 Å². The van der Waals surface area contributed by atoms with Gasteiger partial charge in [-0.25, -0.2) is 4.79 Å². The minimum Gasteiger partial charge on any atom is -0.356 e. The summed E-state index contributed by atoms with van der Waals surface area (Å²) in [5, 5.41) is 5.67. The van der Waals surface area contributed by atoms with Gasteiger partial charge in [-0.05, 0) is 24.8 Å². The van der Waals surface area contributed by atoms with Crippen LogP contribution in [0.5, 0.6) is 0 Å². The molecule has 0 saturated carbocycles. The molecule has 24 heavy (non-hydrogen) atoms. The lowest BCUT2D eigenvalue weighted by Gasteiger charge is -2.20. The summed E-state index contributed by atoms with van der Waals surface area (Å²) in [4.78, 5) is 23.5. The van der Waals surface area contributed by atoms with Gasteiger partial charge in [0, 0.05) is 6.54 Å². The third kappa shape index (κ3) is 7.49. The van der Waals surface area contributed by atoms with Crippen molar-refractivity contribution >= 4 is 11.9 Å². The second-order valence-electron chi connectivity index (χ2n) is 6.40. The molecule has 0 aromatic heterocycles. The predicted octanol–water partition coefficient (Wildman–Crippen LogP) is 3.43. The zero-order chi connectivity index (χ0) is 17.9. The maximum Gasteiger partial charge on any atom is 0.312 e. The van der Waals surface area contributed by atoms with Gasteiger partial charge in [0.05, 0.1) is 12.5 Å². The van der Waals surface area contributed by atoms with E-state index in [1.807, 2.05) is 31.2 Å². The lowest BCUT2D eigenvalue weighted by Crippen LogP contribution is -2.37. The maximum atomic E-state index is 12.3. The second-order valence-corrected chi connectivity index (χ2v) is 6.40. The summed E-state index contributed by atoms with van der Waals surface area (Å²) in [5.74, 6) is 0.445. The highest BCUT2D eigenvalue weighted by Gasteiger charge is 2.18. The first-order chi connectivity index (χ1) is 11.5. The summed E-state index contributed by atoms with van der Waals surface area (Å²) in [7, 11) is 0. The van der Waals surface area contributed by atoms with Crippen LogP contribution in [0.4, 0.5) is 4.79 Å². The summed E-state index contributed by atoms with van der Waals surface area (Å²) >= 11 is 0. The Morgan fingerprint density at radius 2 is 2.00 bits per heavy atom. The molecule has 0 radical (unpaired) electrons. The molecule has 4 N–H and O–H groups in total. The fraction of sp³-hybridized carbons (Fsp3) is 0.579. The largest absolute Gasteiger partial charge is 0.356 e. The number of nitrogens with two attached hydrogens (primary N) is 1. The van der Waals surface area contributed by atoms with Crippen molar-refractivity contribution in [3.63, 3.8) is 0 Å². The standard InChI is InChI=1S/C19H31N3O2/c1-4-6-9-15(5-2)13-21-18(23)12-17(22-19(20)24)16-10-7-8-14(3)11-16/h7-8,10-11,15,17H,4-6,9,12-13H2,1-3H3,(H,21,23)(H3,20,22,24)/t15-,17+/m0/s1. The number of hydrogen-bond donors (Lipinski definition) is 3. The minimum atomic E-state index is -0.622. The minimum absolute atomic E-state index is 0.0646. The van der Waals surface area contributed by atoms with Gasteiger partial charge in [0.1, 0.15) is 0 Å². The van der Waals surface area contributed by atoms with E-state index in [9.17, 15) is 9.59 Å². The molecule has 1 aromatic carbocycles. The highest BCUT2D eigenvalue weighted by atomic mass is 16.2. The van der Waals surface area contributed by atoms with Crippen molar-refractivity contribution in [3.8, 4) is 0 Å². The maximum absolute atomic E-state index is 12.3. The number of primary amides is 1. The van der Waals surface area contributed by atoms with Crippen LogP contribution in [0.2, 0.25) is 0 Å². The number of nitrogens with one attached hydrogen (secondary N) is 2. The van der Waals surface area contributed by atoms with E-state index < -0.39 is 12.1 Å². The number of benzene rings is 1. The lowest BCUT2D eigenvalue weighted by atomic mass is 9.98. The molecule has 134 valence electrons. The van der Waals surface area contributed by atoms with Crippen molar-refractivity contribution in [1.29, 1.82) is 0 Å². The van der Waals surface area contributed by atoms with Gasteiger partial charge >= 0.3 is 6.03 Å². The van der Waals surface area contributed by atoms with Crippen LogP contribution in [-0.4, -0.2) is 18.5 Å². The number of urea groups is 1. The molecule has 0 aliphatic carbocycles. The zero-order valence-corrected chi connectivity index (χ0v) is 15.1. The number of amides is 3. The Morgan fingerprint density at radius 1 is 1.25 bits per heavy atom. The highest BCUT2D eigenvalue weighted by Crippen LogP contribution is 2.18. The van der Waals surface area contributed by atoms with Gasteiger partial charge in [-0.2, -0.15) is 0 Å². The van der Waals surface area contributed by atoms with Gasteiger partial charge in [0.15, 0.2) is 0 Å². The van der Waals surface area contributed by atoms with Crippen molar-refractivity contribution in [2.24, 2.45) is 11.7 Å².